The van der Waals surface area contributed by atoms with Crippen LogP contribution in [-0.2, 0) is 9.31 Å². The molecule has 0 radical (unpaired) electrons. The van der Waals surface area contributed by atoms with E-state index in [9.17, 15) is 0 Å². The zero-order valence-electron chi connectivity index (χ0n) is 13.4. The predicted molar refractivity (Wildman–Crippen MR) is 79.0 cm³/mol. The smallest absolute Gasteiger partial charge is 0.405 e. The zero-order chi connectivity index (χ0) is 14.0. The molecule has 1 heterocycles. The van der Waals surface area contributed by atoms with Gasteiger partial charge in [0.25, 0.3) is 0 Å². The molecule has 2 bridgehead atoms. The van der Waals surface area contributed by atoms with Gasteiger partial charge in [-0.2, -0.15) is 0 Å². The highest BCUT2D eigenvalue weighted by atomic mass is 16.7. The lowest BCUT2D eigenvalue weighted by Gasteiger charge is -2.64. The minimum Gasteiger partial charge on any atom is -0.405 e. The maximum Gasteiger partial charge on any atom is 0.460 e. The molecule has 4 fully saturated rings. The van der Waals surface area contributed by atoms with Gasteiger partial charge in [-0.1, -0.05) is 34.6 Å². The van der Waals surface area contributed by atoms with Crippen molar-refractivity contribution < 1.29 is 9.31 Å². The minimum atomic E-state index is -0.0336. The van der Waals surface area contributed by atoms with Gasteiger partial charge in [-0.05, 0) is 55.2 Å². The highest BCUT2D eigenvalue weighted by Gasteiger charge is 2.68. The van der Waals surface area contributed by atoms with Gasteiger partial charge in [0, 0.05) is 0 Å². The van der Waals surface area contributed by atoms with E-state index in [0.717, 1.165) is 5.92 Å². The second-order valence-electron chi connectivity index (χ2n) is 8.44. The van der Waals surface area contributed by atoms with E-state index in [2.05, 4.69) is 41.5 Å². The zero-order valence-corrected chi connectivity index (χ0v) is 13.4. The summed E-state index contributed by atoms with van der Waals surface area (Å²) < 4.78 is 12.8. The highest BCUT2D eigenvalue weighted by molar-refractivity contribution is 6.47. The lowest BCUT2D eigenvalue weighted by molar-refractivity contribution is -0.199. The van der Waals surface area contributed by atoms with Gasteiger partial charge in [-0.3, -0.25) is 0 Å². The largest absolute Gasteiger partial charge is 0.460 e. The first-order chi connectivity index (χ1) is 8.75. The Morgan fingerprint density at radius 2 is 1.84 bits per heavy atom. The Labute approximate surface area is 118 Å². The van der Waals surface area contributed by atoms with Gasteiger partial charge in [-0.15, -0.1) is 0 Å². The van der Waals surface area contributed by atoms with E-state index in [1.54, 1.807) is 0 Å². The molecule has 3 heteroatoms. The van der Waals surface area contributed by atoms with Crippen LogP contribution in [0.25, 0.3) is 0 Å². The van der Waals surface area contributed by atoms with E-state index >= 15 is 0 Å². The molecule has 3 aliphatic carbocycles. The maximum atomic E-state index is 6.48. The number of rotatable bonds is 3. The summed E-state index contributed by atoms with van der Waals surface area (Å²) in [5, 5.41) is 0. The Morgan fingerprint density at radius 3 is 2.42 bits per heavy atom. The van der Waals surface area contributed by atoms with Crippen LogP contribution in [0.5, 0.6) is 0 Å². The Bertz CT molecular complexity index is 368. The first-order valence-electron chi connectivity index (χ1n) is 8.08. The molecule has 1 aliphatic heterocycles. The first-order valence-corrected chi connectivity index (χ1v) is 8.08. The Morgan fingerprint density at radius 1 is 1.16 bits per heavy atom. The summed E-state index contributed by atoms with van der Waals surface area (Å²) in [6, 6.07) is 0. The molecule has 0 aromatic carbocycles. The van der Waals surface area contributed by atoms with Gasteiger partial charge in [0.2, 0.25) is 0 Å². The van der Waals surface area contributed by atoms with E-state index < -0.39 is 0 Å². The number of hydrogen-bond donors (Lipinski definition) is 0. The van der Waals surface area contributed by atoms with Crippen LogP contribution in [-0.4, -0.2) is 18.8 Å². The van der Waals surface area contributed by atoms with E-state index in [1.807, 2.05) is 0 Å². The molecule has 0 amide bonds. The van der Waals surface area contributed by atoms with Crippen LogP contribution in [0.4, 0.5) is 0 Å². The lowest BCUT2D eigenvalue weighted by atomic mass is 9.43. The predicted octanol–water partition coefficient (Wildman–Crippen LogP) is 4.15. The normalized spacial score (nSPS) is 45.0. The molecule has 0 aromatic rings. The van der Waals surface area contributed by atoms with Crippen molar-refractivity contribution >= 4 is 7.12 Å². The van der Waals surface area contributed by atoms with E-state index in [-0.39, 0.29) is 12.7 Å². The van der Waals surface area contributed by atoms with Crippen molar-refractivity contribution in [2.24, 2.45) is 23.2 Å². The Kier molecular flexibility index (Phi) is 3.11. The van der Waals surface area contributed by atoms with Crippen molar-refractivity contribution in [2.75, 3.05) is 0 Å². The van der Waals surface area contributed by atoms with Crippen LogP contribution < -0.4 is 0 Å². The third-order valence-electron chi connectivity index (χ3n) is 6.28. The first kappa shape index (κ1) is 13.9. The average molecular weight is 264 g/mol. The van der Waals surface area contributed by atoms with E-state index in [0.29, 0.717) is 29.2 Å². The van der Waals surface area contributed by atoms with Crippen molar-refractivity contribution in [3.05, 3.63) is 0 Å². The third-order valence-corrected chi connectivity index (χ3v) is 6.28. The summed E-state index contributed by atoms with van der Waals surface area (Å²) in [4.78, 5) is 0. The van der Waals surface area contributed by atoms with Crippen LogP contribution in [0.2, 0.25) is 5.82 Å². The van der Waals surface area contributed by atoms with Gasteiger partial charge in [-0.25, -0.2) is 0 Å². The molecule has 1 saturated heterocycles. The lowest BCUT2D eigenvalue weighted by Crippen LogP contribution is -2.65. The fourth-order valence-electron chi connectivity index (χ4n) is 5.00. The van der Waals surface area contributed by atoms with Gasteiger partial charge in [0.15, 0.2) is 0 Å². The van der Waals surface area contributed by atoms with Crippen molar-refractivity contribution in [3.63, 3.8) is 0 Å². The second kappa shape index (κ2) is 4.24. The Balaban J connectivity index is 1.74. The quantitative estimate of drug-likeness (QED) is 0.713. The molecule has 4 rings (SSSR count). The van der Waals surface area contributed by atoms with Crippen molar-refractivity contribution in [3.8, 4) is 0 Å². The SMILES string of the molecule is CC(C)C[C@H](C)B1O[C@@H]2C[C@H]3C[C@H](C3(C)C)[C@]2(C)O1. The fraction of sp³-hybridized carbons (Fsp3) is 1.00. The van der Waals surface area contributed by atoms with Crippen LogP contribution in [0, 0.1) is 23.2 Å². The molecular formula is C16H29BO2. The summed E-state index contributed by atoms with van der Waals surface area (Å²) in [5.41, 5.74) is 0.416. The fourth-order valence-corrected chi connectivity index (χ4v) is 5.00. The van der Waals surface area contributed by atoms with Crippen molar-refractivity contribution in [1.82, 2.24) is 0 Å². The second-order valence-corrected chi connectivity index (χ2v) is 8.44. The Hall–Kier alpha value is -0.0151. The molecule has 0 unspecified atom stereocenters. The minimum absolute atomic E-state index is 0.0209. The van der Waals surface area contributed by atoms with Crippen LogP contribution in [0.1, 0.15) is 60.8 Å². The van der Waals surface area contributed by atoms with E-state index in [1.165, 1.54) is 19.3 Å². The topological polar surface area (TPSA) is 18.5 Å². The monoisotopic (exact) mass is 264 g/mol. The standard InChI is InChI=1S/C16H29BO2/c1-10(2)7-11(3)17-18-14-9-12-8-13(15(12,4)5)16(14,6)19-17/h10-14H,7-9H2,1-6H3/t11-,12+,13+,14+,16-/m0/s1. The molecule has 2 nitrogen and oxygen atoms in total. The summed E-state index contributed by atoms with van der Waals surface area (Å²) in [6.07, 6.45) is 4.06. The maximum absolute atomic E-state index is 6.48. The van der Waals surface area contributed by atoms with E-state index in [4.69, 9.17) is 9.31 Å². The summed E-state index contributed by atoms with van der Waals surface area (Å²) in [6.45, 7) is 14.0. The molecule has 5 atom stereocenters. The molecule has 108 valence electrons. The summed E-state index contributed by atoms with van der Waals surface area (Å²) >= 11 is 0. The molecule has 0 aromatic heterocycles. The highest BCUT2D eigenvalue weighted by Crippen LogP contribution is 2.66. The van der Waals surface area contributed by atoms with Crippen molar-refractivity contribution in [1.29, 1.82) is 0 Å². The van der Waals surface area contributed by atoms with Gasteiger partial charge in [0.05, 0.1) is 11.7 Å². The van der Waals surface area contributed by atoms with Crippen LogP contribution >= 0.6 is 0 Å². The van der Waals surface area contributed by atoms with Crippen molar-refractivity contribution in [2.45, 2.75) is 78.3 Å². The van der Waals surface area contributed by atoms with Crippen LogP contribution in [0.15, 0.2) is 0 Å². The third kappa shape index (κ3) is 1.92. The molecule has 3 saturated carbocycles. The van der Waals surface area contributed by atoms with Gasteiger partial charge >= 0.3 is 7.12 Å². The number of hydrogen-bond acceptors (Lipinski definition) is 2. The van der Waals surface area contributed by atoms with Crippen LogP contribution in [0.3, 0.4) is 0 Å². The van der Waals surface area contributed by atoms with Gasteiger partial charge < -0.3 is 9.31 Å². The average Bonchev–Trinajstić information content (AvgIpc) is 2.64. The molecule has 0 N–H and O–H groups in total. The summed E-state index contributed by atoms with van der Waals surface area (Å²) in [7, 11) is 0.0209. The van der Waals surface area contributed by atoms with Gasteiger partial charge in [0.1, 0.15) is 0 Å². The molecule has 19 heavy (non-hydrogen) atoms. The summed E-state index contributed by atoms with van der Waals surface area (Å²) in [5.74, 6) is 2.74. The molecule has 4 aliphatic rings. The molecular weight excluding hydrogens is 235 g/mol. The molecule has 0 spiro atoms.